The Bertz CT molecular complexity index is 994. The van der Waals surface area contributed by atoms with Gasteiger partial charge in [0.2, 0.25) is 11.7 Å². The minimum absolute atomic E-state index is 0.244. The number of aliphatic imine (C=N–C) groups is 1. The lowest BCUT2D eigenvalue weighted by atomic mass is 10.2. The van der Waals surface area contributed by atoms with E-state index in [9.17, 15) is 9.59 Å². The van der Waals surface area contributed by atoms with Gasteiger partial charge in [0.15, 0.2) is 12.4 Å². The number of quaternary nitrogens is 1. The minimum Gasteiger partial charge on any atom is -0.366 e. The third kappa shape index (κ3) is 3.49. The highest BCUT2D eigenvalue weighted by Crippen LogP contribution is 2.17. The van der Waals surface area contributed by atoms with Gasteiger partial charge >= 0.3 is 0 Å². The maximum atomic E-state index is 12.4. The topological polar surface area (TPSA) is 92.2 Å². The first kappa shape index (κ1) is 16.7. The number of para-hydroxylation sites is 1. The van der Waals surface area contributed by atoms with Crippen LogP contribution in [0.5, 0.6) is 0 Å². The van der Waals surface area contributed by atoms with Crippen LogP contribution < -0.4 is 20.9 Å². The molecule has 0 saturated carbocycles. The number of rotatable bonds is 4. The molecule has 7 heteroatoms. The number of fused-ring (bicyclic) bond motifs is 1. The number of primary amides is 1. The second-order valence-corrected chi connectivity index (χ2v) is 6.23. The summed E-state index contributed by atoms with van der Waals surface area (Å²) >= 11 is 0. The Labute approximate surface area is 156 Å². The molecule has 27 heavy (non-hydrogen) atoms. The van der Waals surface area contributed by atoms with Crippen molar-refractivity contribution in [2.24, 2.45) is 10.7 Å². The second-order valence-electron chi connectivity index (χ2n) is 6.23. The molecule has 1 atom stereocenters. The number of hydrogen-bond donors (Lipinski definition) is 3. The van der Waals surface area contributed by atoms with Gasteiger partial charge in [0, 0.05) is 29.2 Å². The van der Waals surface area contributed by atoms with Gasteiger partial charge in [-0.2, -0.15) is 4.99 Å². The molecular formula is C20H18N5O2+. The van der Waals surface area contributed by atoms with Gasteiger partial charge in [-0.25, -0.2) is 4.90 Å². The van der Waals surface area contributed by atoms with E-state index >= 15 is 0 Å². The van der Waals surface area contributed by atoms with Crippen LogP contribution in [0.4, 0.5) is 11.4 Å². The standard InChI is InChI=1S/C20H17N5O2/c21-19(26)14-5-4-8-16(11-14)24-10-9-18-23-17(12-25(18)13-24)20(27)22-15-6-2-1-3-7-15/h1-12H,13H2,(H2,21,26)(H,22,27)/p+1. The third-order valence-corrected chi connectivity index (χ3v) is 4.36. The number of benzene rings is 2. The zero-order valence-electron chi connectivity index (χ0n) is 14.4. The summed E-state index contributed by atoms with van der Waals surface area (Å²) in [7, 11) is 0. The van der Waals surface area contributed by atoms with Gasteiger partial charge in [0.05, 0.1) is 0 Å². The van der Waals surface area contributed by atoms with E-state index in [0.29, 0.717) is 17.9 Å². The van der Waals surface area contributed by atoms with E-state index < -0.39 is 5.91 Å². The Balaban J connectivity index is 1.50. The predicted octanol–water partition coefficient (Wildman–Crippen LogP) is 0.854. The van der Waals surface area contributed by atoms with Crippen molar-refractivity contribution in [3.63, 3.8) is 0 Å². The van der Waals surface area contributed by atoms with Crippen LogP contribution in [0, 0.1) is 0 Å². The lowest BCUT2D eigenvalue weighted by molar-refractivity contribution is -0.742. The average molecular weight is 360 g/mol. The molecule has 0 spiro atoms. The molecule has 2 aliphatic heterocycles. The van der Waals surface area contributed by atoms with Crippen molar-refractivity contribution in [2.45, 2.75) is 0 Å². The van der Waals surface area contributed by atoms with E-state index in [-0.39, 0.29) is 5.91 Å². The number of hydrogen-bond acceptors (Lipinski definition) is 4. The summed E-state index contributed by atoms with van der Waals surface area (Å²) in [5, 5.41) is 2.84. The molecular weight excluding hydrogens is 342 g/mol. The van der Waals surface area contributed by atoms with Gasteiger partial charge in [-0.15, -0.1) is 0 Å². The zero-order valence-corrected chi connectivity index (χ0v) is 14.4. The van der Waals surface area contributed by atoms with Crippen molar-refractivity contribution in [3.8, 4) is 0 Å². The number of anilines is 2. The third-order valence-electron chi connectivity index (χ3n) is 4.36. The van der Waals surface area contributed by atoms with Crippen LogP contribution in [0.1, 0.15) is 10.4 Å². The van der Waals surface area contributed by atoms with Crippen molar-refractivity contribution in [1.29, 1.82) is 0 Å². The maximum Gasteiger partial charge on any atom is 0.280 e. The van der Waals surface area contributed by atoms with E-state index in [2.05, 4.69) is 10.3 Å². The van der Waals surface area contributed by atoms with Gasteiger partial charge in [-0.1, -0.05) is 24.3 Å². The van der Waals surface area contributed by atoms with E-state index in [0.717, 1.165) is 22.1 Å². The normalized spacial score (nSPS) is 17.8. The van der Waals surface area contributed by atoms with Crippen LogP contribution in [0.3, 0.4) is 0 Å². The molecule has 4 N–H and O–H groups in total. The monoisotopic (exact) mass is 360 g/mol. The van der Waals surface area contributed by atoms with E-state index in [4.69, 9.17) is 5.73 Å². The molecule has 0 bridgehead atoms. The summed E-state index contributed by atoms with van der Waals surface area (Å²) in [5.41, 5.74) is 7.77. The number of amidine groups is 1. The number of nitrogens with two attached hydrogens (primary N) is 1. The molecule has 4 rings (SSSR count). The quantitative estimate of drug-likeness (QED) is 0.755. The molecule has 0 aliphatic carbocycles. The first-order valence-corrected chi connectivity index (χ1v) is 8.48. The molecule has 0 radical (unpaired) electrons. The first-order valence-electron chi connectivity index (χ1n) is 8.48. The largest absolute Gasteiger partial charge is 0.366 e. The lowest BCUT2D eigenvalue weighted by Gasteiger charge is -2.26. The summed E-state index contributed by atoms with van der Waals surface area (Å²) in [6.07, 6.45) is 5.53. The fourth-order valence-electron chi connectivity index (χ4n) is 2.99. The molecule has 2 aromatic rings. The Morgan fingerprint density at radius 1 is 1.11 bits per heavy atom. The van der Waals surface area contributed by atoms with E-state index in [1.54, 1.807) is 24.4 Å². The minimum atomic E-state index is -0.464. The van der Waals surface area contributed by atoms with Gasteiger partial charge in [0.1, 0.15) is 6.20 Å². The van der Waals surface area contributed by atoms with Crippen molar-refractivity contribution < 1.29 is 14.5 Å². The Morgan fingerprint density at radius 2 is 1.93 bits per heavy atom. The van der Waals surface area contributed by atoms with Crippen LogP contribution in [-0.2, 0) is 4.79 Å². The molecule has 0 saturated heterocycles. The summed E-state index contributed by atoms with van der Waals surface area (Å²) in [6, 6.07) is 16.4. The highest BCUT2D eigenvalue weighted by Gasteiger charge is 2.30. The molecule has 2 amide bonds. The Morgan fingerprint density at radius 3 is 2.70 bits per heavy atom. The molecule has 0 aromatic heterocycles. The van der Waals surface area contributed by atoms with Gasteiger partial charge in [-0.3, -0.25) is 14.5 Å². The molecule has 1 unspecified atom stereocenters. The van der Waals surface area contributed by atoms with Crippen molar-refractivity contribution in [1.82, 2.24) is 0 Å². The number of amides is 2. The maximum absolute atomic E-state index is 12.4. The second kappa shape index (κ2) is 6.89. The first-order chi connectivity index (χ1) is 13.1. The van der Waals surface area contributed by atoms with Gasteiger partial charge in [-0.05, 0) is 30.3 Å². The van der Waals surface area contributed by atoms with Crippen LogP contribution in [0.15, 0.2) is 83.8 Å². The molecule has 2 aliphatic rings. The zero-order chi connectivity index (χ0) is 18.8. The molecule has 2 heterocycles. The Hall–Kier alpha value is -3.71. The van der Waals surface area contributed by atoms with E-state index in [1.807, 2.05) is 53.6 Å². The summed E-state index contributed by atoms with van der Waals surface area (Å²) < 4.78 is 0. The smallest absolute Gasteiger partial charge is 0.280 e. The van der Waals surface area contributed by atoms with Gasteiger partial charge in [0.25, 0.3) is 5.91 Å². The van der Waals surface area contributed by atoms with Crippen molar-refractivity contribution >= 4 is 29.0 Å². The number of carbonyl (C=O) groups is 2. The fourth-order valence-corrected chi connectivity index (χ4v) is 2.99. The highest BCUT2D eigenvalue weighted by atomic mass is 16.2. The average Bonchev–Trinajstić information content (AvgIpc) is 3.12. The summed E-state index contributed by atoms with van der Waals surface area (Å²) in [5.74, 6) is 0.0650. The fraction of sp³-hybridized carbons (Fsp3) is 0.0500. The lowest BCUT2D eigenvalue weighted by Crippen LogP contribution is -3.11. The number of nitrogens with one attached hydrogen (secondary N) is 2. The van der Waals surface area contributed by atoms with Crippen LogP contribution in [0.2, 0.25) is 0 Å². The van der Waals surface area contributed by atoms with Gasteiger partial charge < -0.3 is 11.1 Å². The number of nitrogens with zero attached hydrogens (tertiary/aromatic N) is 2. The van der Waals surface area contributed by atoms with E-state index in [1.165, 1.54) is 0 Å². The summed E-state index contributed by atoms with van der Waals surface area (Å²) in [4.78, 5) is 31.2. The van der Waals surface area contributed by atoms with Crippen LogP contribution >= 0.6 is 0 Å². The molecule has 2 aromatic carbocycles. The summed E-state index contributed by atoms with van der Waals surface area (Å²) in [6.45, 7) is 0.555. The molecule has 134 valence electrons. The van der Waals surface area contributed by atoms with Crippen LogP contribution in [-0.4, -0.2) is 24.3 Å². The van der Waals surface area contributed by atoms with Crippen molar-refractivity contribution in [3.05, 3.63) is 84.3 Å². The SMILES string of the molecule is NC(=O)c1cccc(N2C=CC3=NC(C(=O)Nc4ccccc4)=C[NH+]3C2)c1. The highest BCUT2D eigenvalue weighted by molar-refractivity contribution is 6.06. The van der Waals surface area contributed by atoms with Crippen LogP contribution in [0.25, 0.3) is 0 Å². The molecule has 7 nitrogen and oxygen atoms in total. The predicted molar refractivity (Wildman–Crippen MR) is 103 cm³/mol. The molecule has 0 fully saturated rings. The number of carbonyl (C=O) groups excluding carboxylic acids is 2. The van der Waals surface area contributed by atoms with Crippen molar-refractivity contribution in [2.75, 3.05) is 16.9 Å². The Kier molecular flexibility index (Phi) is 4.27.